The second-order valence-electron chi connectivity index (χ2n) is 4.60. The molecule has 2 aromatic rings. The first-order valence-electron chi connectivity index (χ1n) is 6.19. The lowest BCUT2D eigenvalue weighted by Crippen LogP contribution is -2.29. The van der Waals surface area contributed by atoms with Crippen LogP contribution in [-0.2, 0) is 0 Å². The Bertz CT molecular complexity index is 669. The fraction of sp³-hybridized carbons (Fsp3) is 0.545. The molecule has 1 aliphatic rings. The molecule has 0 saturated carbocycles. The molecule has 114 valence electrons. The molecule has 2 aromatic heterocycles. The topological polar surface area (TPSA) is 119 Å². The number of ether oxygens (including phenoxy) is 1. The lowest BCUT2D eigenvalue weighted by molar-refractivity contribution is 0.0642. The number of alkyl halides is 1. The summed E-state index contributed by atoms with van der Waals surface area (Å²) in [5.74, 6) is 0.188. The summed E-state index contributed by atoms with van der Waals surface area (Å²) in [4.78, 5) is 12.1. The number of aliphatic hydroxyl groups excluding tert-OH is 2. The number of anilines is 1. The van der Waals surface area contributed by atoms with Gasteiger partial charge in [-0.2, -0.15) is 9.97 Å². The Kier molecular flexibility index (Phi) is 3.59. The molecule has 1 fully saturated rings. The Hall–Kier alpha value is -1.65. The molecule has 21 heavy (non-hydrogen) atoms. The van der Waals surface area contributed by atoms with E-state index in [1.165, 1.54) is 18.0 Å². The van der Waals surface area contributed by atoms with Crippen LogP contribution in [0.1, 0.15) is 5.37 Å². The van der Waals surface area contributed by atoms with E-state index >= 15 is 0 Å². The van der Waals surface area contributed by atoms with Crippen molar-refractivity contribution < 1.29 is 19.3 Å². The summed E-state index contributed by atoms with van der Waals surface area (Å²) < 4.78 is 20.8. The Labute approximate surface area is 123 Å². The maximum absolute atomic E-state index is 14.3. The number of nitrogen functional groups attached to an aromatic ring is 1. The molecule has 4 N–H and O–H groups in total. The fourth-order valence-electron chi connectivity index (χ4n) is 2.31. The predicted octanol–water partition coefficient (Wildman–Crippen LogP) is -0.278. The third kappa shape index (κ3) is 2.19. The van der Waals surface area contributed by atoms with E-state index in [9.17, 15) is 14.6 Å². The first-order valence-corrected chi connectivity index (χ1v) is 7.13. The van der Waals surface area contributed by atoms with Crippen molar-refractivity contribution in [1.82, 2.24) is 19.5 Å². The van der Waals surface area contributed by atoms with Gasteiger partial charge in [0.2, 0.25) is 11.8 Å². The molecule has 10 heteroatoms. The molecular formula is C11H14FN5O3S. The third-order valence-electron chi connectivity index (χ3n) is 3.35. The lowest BCUT2D eigenvalue weighted by atomic mass is 10.1. The van der Waals surface area contributed by atoms with Crippen molar-refractivity contribution in [2.75, 3.05) is 19.5 Å². The van der Waals surface area contributed by atoms with Crippen molar-refractivity contribution in [3.8, 4) is 5.88 Å². The van der Waals surface area contributed by atoms with Crippen LogP contribution < -0.4 is 10.5 Å². The van der Waals surface area contributed by atoms with Gasteiger partial charge in [-0.25, -0.2) is 9.37 Å². The van der Waals surface area contributed by atoms with E-state index in [1.54, 1.807) is 0 Å². The van der Waals surface area contributed by atoms with Crippen LogP contribution >= 0.6 is 11.8 Å². The van der Waals surface area contributed by atoms with E-state index in [-0.39, 0.29) is 18.4 Å². The van der Waals surface area contributed by atoms with Gasteiger partial charge in [0, 0.05) is 0 Å². The van der Waals surface area contributed by atoms with Crippen LogP contribution in [0.15, 0.2) is 6.33 Å². The van der Waals surface area contributed by atoms with E-state index in [4.69, 9.17) is 10.5 Å². The summed E-state index contributed by atoms with van der Waals surface area (Å²) in [7, 11) is 1.42. The van der Waals surface area contributed by atoms with Crippen molar-refractivity contribution in [1.29, 1.82) is 0 Å². The van der Waals surface area contributed by atoms with E-state index in [0.717, 1.165) is 11.8 Å². The molecule has 1 aliphatic heterocycles. The molecule has 0 amide bonds. The molecule has 0 spiro atoms. The zero-order valence-corrected chi connectivity index (χ0v) is 11.9. The Morgan fingerprint density at radius 2 is 2.29 bits per heavy atom. The number of aromatic nitrogens is 4. The minimum absolute atomic E-state index is 0.0150. The zero-order valence-electron chi connectivity index (χ0n) is 11.0. The van der Waals surface area contributed by atoms with Crippen LogP contribution in [0, 0.1) is 0 Å². The van der Waals surface area contributed by atoms with Crippen LogP contribution in [0.2, 0.25) is 0 Å². The predicted molar refractivity (Wildman–Crippen MR) is 74.7 cm³/mol. The number of nitrogens with zero attached hydrogens (tertiary/aromatic N) is 4. The molecule has 1 saturated heterocycles. The zero-order chi connectivity index (χ0) is 15.1. The van der Waals surface area contributed by atoms with Crippen molar-refractivity contribution in [2.45, 2.75) is 22.9 Å². The number of fused-ring (bicyclic) bond motifs is 1. The molecule has 0 bridgehead atoms. The molecule has 0 unspecified atom stereocenters. The van der Waals surface area contributed by atoms with Crippen molar-refractivity contribution in [3.63, 3.8) is 0 Å². The number of imidazole rings is 1. The third-order valence-corrected chi connectivity index (χ3v) is 4.89. The normalized spacial score (nSPS) is 29.1. The van der Waals surface area contributed by atoms with Crippen molar-refractivity contribution in [2.24, 2.45) is 0 Å². The quantitative estimate of drug-likeness (QED) is 0.707. The summed E-state index contributed by atoms with van der Waals surface area (Å²) in [5, 5.41) is 17.6. The highest BCUT2D eigenvalue weighted by atomic mass is 32.2. The van der Waals surface area contributed by atoms with Gasteiger partial charge in [-0.1, -0.05) is 0 Å². The number of halogens is 1. The summed E-state index contributed by atoms with van der Waals surface area (Å²) in [6, 6.07) is 0. The SMILES string of the molecule is COc1nc(N)nc2c1ncn2[C@@H]1S[C@H](CO)[C@@H](O)[C@@H]1F. The van der Waals surface area contributed by atoms with Gasteiger partial charge in [-0.05, 0) is 0 Å². The number of hydrogen-bond donors (Lipinski definition) is 3. The highest BCUT2D eigenvalue weighted by Gasteiger charge is 2.45. The molecule has 3 heterocycles. The van der Waals surface area contributed by atoms with Gasteiger partial charge in [0.15, 0.2) is 17.3 Å². The van der Waals surface area contributed by atoms with Crippen LogP contribution in [-0.4, -0.2) is 61.0 Å². The first kappa shape index (κ1) is 14.3. The maximum atomic E-state index is 14.3. The summed E-state index contributed by atoms with van der Waals surface area (Å²) in [6.45, 7) is -0.310. The summed E-state index contributed by atoms with van der Waals surface area (Å²) in [6.07, 6.45) is -1.40. The average Bonchev–Trinajstić information content (AvgIpc) is 3.01. The van der Waals surface area contributed by atoms with Gasteiger partial charge in [-0.15, -0.1) is 11.8 Å². The smallest absolute Gasteiger partial charge is 0.246 e. The standard InChI is InChI=1S/C11H14FN5O3S/c1-20-9-6-8(15-11(13)16-9)17(3-14-6)10-5(12)7(19)4(2-18)21-10/h3-5,7,10,18-19H,2H2,1H3,(H2,13,15,16)/t4-,5+,7-,10-/m1/s1. The summed E-state index contributed by atoms with van der Waals surface area (Å²) in [5.41, 5.74) is 6.30. The average molecular weight is 315 g/mol. The second-order valence-corrected chi connectivity index (χ2v) is 5.96. The number of nitrogens with two attached hydrogens (primary N) is 1. The molecule has 0 radical (unpaired) electrons. The van der Waals surface area contributed by atoms with Crippen LogP contribution in [0.25, 0.3) is 11.2 Å². The number of aliphatic hydroxyl groups is 2. The molecule has 8 nitrogen and oxygen atoms in total. The number of thioether (sulfide) groups is 1. The fourth-order valence-corrected chi connectivity index (χ4v) is 3.67. The number of hydrogen-bond acceptors (Lipinski definition) is 8. The van der Waals surface area contributed by atoms with E-state index in [0.29, 0.717) is 11.2 Å². The second kappa shape index (κ2) is 5.28. The van der Waals surface area contributed by atoms with Gasteiger partial charge >= 0.3 is 0 Å². The van der Waals surface area contributed by atoms with Gasteiger partial charge in [0.05, 0.1) is 25.3 Å². The Morgan fingerprint density at radius 1 is 1.52 bits per heavy atom. The molecular weight excluding hydrogens is 301 g/mol. The van der Waals surface area contributed by atoms with Crippen LogP contribution in [0.4, 0.5) is 10.3 Å². The van der Waals surface area contributed by atoms with Crippen molar-refractivity contribution in [3.05, 3.63) is 6.33 Å². The number of methoxy groups -OCH3 is 1. The van der Waals surface area contributed by atoms with E-state index in [1.807, 2.05) is 0 Å². The van der Waals surface area contributed by atoms with Crippen LogP contribution in [0.5, 0.6) is 5.88 Å². The molecule has 0 aliphatic carbocycles. The van der Waals surface area contributed by atoms with Crippen molar-refractivity contribution >= 4 is 28.9 Å². The Morgan fingerprint density at radius 3 is 2.90 bits per heavy atom. The summed E-state index contributed by atoms with van der Waals surface area (Å²) >= 11 is 1.12. The van der Waals surface area contributed by atoms with Gasteiger partial charge in [0.25, 0.3) is 0 Å². The van der Waals surface area contributed by atoms with Gasteiger partial charge in [0.1, 0.15) is 11.5 Å². The minimum Gasteiger partial charge on any atom is -0.479 e. The molecule has 3 rings (SSSR count). The highest BCUT2D eigenvalue weighted by Crippen LogP contribution is 2.44. The van der Waals surface area contributed by atoms with E-state index < -0.39 is 22.9 Å². The minimum atomic E-state index is -1.55. The van der Waals surface area contributed by atoms with E-state index in [2.05, 4.69) is 15.0 Å². The monoisotopic (exact) mass is 315 g/mol. The van der Waals surface area contributed by atoms with Crippen LogP contribution in [0.3, 0.4) is 0 Å². The molecule has 0 aromatic carbocycles. The first-order chi connectivity index (χ1) is 10.1. The lowest BCUT2D eigenvalue weighted by Gasteiger charge is -2.15. The number of rotatable bonds is 3. The largest absolute Gasteiger partial charge is 0.479 e. The molecule has 4 atom stereocenters. The van der Waals surface area contributed by atoms with Gasteiger partial charge in [-0.3, -0.25) is 4.57 Å². The highest BCUT2D eigenvalue weighted by molar-refractivity contribution is 8.00. The Balaban J connectivity index is 2.07. The van der Waals surface area contributed by atoms with Gasteiger partial charge < -0.3 is 20.7 Å². The maximum Gasteiger partial charge on any atom is 0.246 e.